The van der Waals surface area contributed by atoms with Gasteiger partial charge in [0.1, 0.15) is 23.9 Å². The molecule has 0 saturated heterocycles. The summed E-state index contributed by atoms with van der Waals surface area (Å²) in [4.78, 5) is 23.7. The highest BCUT2D eigenvalue weighted by Gasteiger charge is 2.27. The van der Waals surface area contributed by atoms with E-state index in [0.29, 0.717) is 22.6 Å². The van der Waals surface area contributed by atoms with Crippen LogP contribution in [-0.4, -0.2) is 44.8 Å². The van der Waals surface area contributed by atoms with Crippen molar-refractivity contribution in [1.82, 2.24) is 24.6 Å². The molecule has 1 aromatic carbocycles. The van der Waals surface area contributed by atoms with Crippen molar-refractivity contribution in [3.05, 3.63) is 64.1 Å². The highest BCUT2D eigenvalue weighted by Crippen LogP contribution is 2.35. The predicted octanol–water partition coefficient (Wildman–Crippen LogP) is 3.15. The molecular formula is C23H24N6O2. The van der Waals surface area contributed by atoms with E-state index in [4.69, 9.17) is 10.2 Å². The van der Waals surface area contributed by atoms with Gasteiger partial charge in [-0.25, -0.2) is 19.4 Å². The van der Waals surface area contributed by atoms with Gasteiger partial charge in [0.05, 0.1) is 16.5 Å². The molecule has 31 heavy (non-hydrogen) atoms. The molecule has 8 nitrogen and oxygen atoms in total. The maximum Gasteiger partial charge on any atom is 0.343 e. The van der Waals surface area contributed by atoms with Crippen molar-refractivity contribution in [2.24, 2.45) is 0 Å². The number of fused-ring (bicyclic) bond motifs is 2. The molecule has 4 heterocycles. The van der Waals surface area contributed by atoms with Crippen LogP contribution >= 0.6 is 0 Å². The molecule has 1 aliphatic rings. The second kappa shape index (κ2) is 7.31. The molecule has 4 aromatic rings. The van der Waals surface area contributed by atoms with Crippen molar-refractivity contribution in [3.8, 4) is 0 Å². The quantitative estimate of drug-likeness (QED) is 0.547. The summed E-state index contributed by atoms with van der Waals surface area (Å²) >= 11 is 0. The first kappa shape index (κ1) is 19.4. The molecule has 0 aliphatic carbocycles. The first-order valence-electron chi connectivity index (χ1n) is 10.3. The van der Waals surface area contributed by atoms with Crippen molar-refractivity contribution in [3.63, 3.8) is 0 Å². The van der Waals surface area contributed by atoms with Crippen LogP contribution in [-0.2, 0) is 0 Å². The topological polar surface area (TPSA) is 103 Å². The molecular weight excluding hydrogens is 392 g/mol. The summed E-state index contributed by atoms with van der Waals surface area (Å²) in [7, 11) is 2.10. The Morgan fingerprint density at radius 1 is 1.19 bits per heavy atom. The lowest BCUT2D eigenvalue weighted by atomic mass is 9.93. The highest BCUT2D eigenvalue weighted by atomic mass is 16.4. The normalized spacial score (nSPS) is 16.0. The minimum absolute atomic E-state index is 0.353. The number of aryl methyl sites for hydroxylation is 1. The van der Waals surface area contributed by atoms with E-state index in [0.717, 1.165) is 47.1 Å². The lowest BCUT2D eigenvalue weighted by Crippen LogP contribution is -2.26. The van der Waals surface area contributed by atoms with E-state index in [9.17, 15) is 4.79 Å². The molecule has 0 radical (unpaired) electrons. The van der Waals surface area contributed by atoms with Gasteiger partial charge in [0.2, 0.25) is 0 Å². The Kier molecular flexibility index (Phi) is 4.59. The van der Waals surface area contributed by atoms with Crippen molar-refractivity contribution in [1.29, 1.82) is 0 Å². The van der Waals surface area contributed by atoms with Crippen LogP contribution in [0.4, 0.5) is 5.82 Å². The third kappa shape index (κ3) is 3.11. The fourth-order valence-corrected chi connectivity index (χ4v) is 4.47. The standard InChI is InChI=1S/C23H24N6O2/c1-13-18-21(24)25-12-26-22(18)29(27-13)14(2)20-19(15-7-6-10-28(3)11-15)16-8-4-5-9-17(16)23(30)31-20/h4-5,7-9,12,14H,6,10-11H2,1-3H3,(H2,24,25,26). The van der Waals surface area contributed by atoms with Gasteiger partial charge in [-0.15, -0.1) is 0 Å². The SMILES string of the molecule is Cc1nn(C(C)c2oc(=O)c3ccccc3c2C2=CCCN(C)C2)c2ncnc(N)c12. The molecule has 0 spiro atoms. The van der Waals surface area contributed by atoms with Gasteiger partial charge < -0.3 is 15.1 Å². The minimum Gasteiger partial charge on any atom is -0.424 e. The molecule has 1 aliphatic heterocycles. The Morgan fingerprint density at radius 2 is 1.97 bits per heavy atom. The van der Waals surface area contributed by atoms with E-state index in [1.165, 1.54) is 6.33 Å². The van der Waals surface area contributed by atoms with E-state index in [1.807, 2.05) is 38.1 Å². The van der Waals surface area contributed by atoms with E-state index >= 15 is 0 Å². The Labute approximate surface area is 179 Å². The number of rotatable bonds is 3. The first-order valence-corrected chi connectivity index (χ1v) is 10.3. The van der Waals surface area contributed by atoms with Crippen LogP contribution < -0.4 is 11.4 Å². The first-order chi connectivity index (χ1) is 15.0. The third-order valence-corrected chi connectivity index (χ3v) is 5.97. The predicted molar refractivity (Wildman–Crippen MR) is 121 cm³/mol. The Bertz CT molecular complexity index is 1400. The average Bonchev–Trinajstić information content (AvgIpc) is 3.11. The minimum atomic E-state index is -0.370. The van der Waals surface area contributed by atoms with Crippen molar-refractivity contribution < 1.29 is 4.42 Å². The molecule has 8 heteroatoms. The number of hydrogen-bond acceptors (Lipinski definition) is 7. The number of nitrogen functional groups attached to an aromatic ring is 1. The van der Waals surface area contributed by atoms with E-state index < -0.39 is 0 Å². The number of benzene rings is 1. The second-order valence-electron chi connectivity index (χ2n) is 8.09. The number of anilines is 1. The average molecular weight is 416 g/mol. The Balaban J connectivity index is 1.79. The summed E-state index contributed by atoms with van der Waals surface area (Å²) in [5.74, 6) is 0.963. The maximum atomic E-state index is 12.9. The highest BCUT2D eigenvalue weighted by molar-refractivity contribution is 5.94. The van der Waals surface area contributed by atoms with Crippen molar-refractivity contribution in [2.75, 3.05) is 25.9 Å². The molecule has 0 fully saturated rings. The molecule has 0 amide bonds. The summed E-state index contributed by atoms with van der Waals surface area (Å²) in [6.45, 7) is 5.63. The monoisotopic (exact) mass is 416 g/mol. The zero-order valence-corrected chi connectivity index (χ0v) is 17.8. The number of nitrogens with two attached hydrogens (primary N) is 1. The van der Waals surface area contributed by atoms with Gasteiger partial charge in [0.15, 0.2) is 5.65 Å². The van der Waals surface area contributed by atoms with Crippen molar-refractivity contribution in [2.45, 2.75) is 26.3 Å². The van der Waals surface area contributed by atoms with Gasteiger partial charge in [0, 0.05) is 18.7 Å². The number of aromatic nitrogens is 4. The van der Waals surface area contributed by atoms with Gasteiger partial charge in [-0.1, -0.05) is 24.3 Å². The smallest absolute Gasteiger partial charge is 0.343 e. The van der Waals surface area contributed by atoms with Crippen molar-refractivity contribution >= 4 is 33.2 Å². The van der Waals surface area contributed by atoms with Crippen LogP contribution in [0.25, 0.3) is 27.4 Å². The molecule has 1 unspecified atom stereocenters. The van der Waals surface area contributed by atoms with Crippen LogP contribution in [0.2, 0.25) is 0 Å². The largest absolute Gasteiger partial charge is 0.424 e. The number of nitrogens with zero attached hydrogens (tertiary/aromatic N) is 5. The molecule has 5 rings (SSSR count). The zero-order chi connectivity index (χ0) is 21.7. The molecule has 2 N–H and O–H groups in total. The molecule has 0 bridgehead atoms. The Morgan fingerprint density at radius 3 is 2.74 bits per heavy atom. The summed E-state index contributed by atoms with van der Waals surface area (Å²) in [5, 5.41) is 6.87. The lowest BCUT2D eigenvalue weighted by Gasteiger charge is -2.26. The Hall–Kier alpha value is -3.52. The second-order valence-corrected chi connectivity index (χ2v) is 8.09. The number of likely N-dealkylation sites (N-methyl/N-ethyl adjacent to an activating group) is 1. The van der Waals surface area contributed by atoms with Gasteiger partial charge in [0.25, 0.3) is 0 Å². The summed E-state index contributed by atoms with van der Waals surface area (Å²) in [5.41, 5.74) is 9.19. The van der Waals surface area contributed by atoms with Crippen LogP contribution in [0.15, 0.2) is 45.9 Å². The fourth-order valence-electron chi connectivity index (χ4n) is 4.47. The van der Waals surface area contributed by atoms with Crippen LogP contribution in [0.3, 0.4) is 0 Å². The van der Waals surface area contributed by atoms with Gasteiger partial charge in [-0.3, -0.25) is 0 Å². The van der Waals surface area contributed by atoms with Gasteiger partial charge in [-0.2, -0.15) is 5.10 Å². The van der Waals surface area contributed by atoms with E-state index in [1.54, 1.807) is 4.68 Å². The third-order valence-electron chi connectivity index (χ3n) is 5.97. The molecule has 158 valence electrons. The van der Waals surface area contributed by atoms with E-state index in [-0.39, 0.29) is 11.7 Å². The van der Waals surface area contributed by atoms with E-state index in [2.05, 4.69) is 33.1 Å². The molecule has 0 saturated carbocycles. The molecule has 1 atom stereocenters. The molecule has 3 aromatic heterocycles. The van der Waals surface area contributed by atoms with Crippen LogP contribution in [0, 0.1) is 6.92 Å². The number of hydrogen-bond donors (Lipinski definition) is 1. The van der Waals surface area contributed by atoms with Crippen LogP contribution in [0.1, 0.15) is 36.4 Å². The van der Waals surface area contributed by atoms with Gasteiger partial charge in [-0.05, 0) is 44.3 Å². The van der Waals surface area contributed by atoms with Crippen LogP contribution in [0.5, 0.6) is 0 Å². The summed E-state index contributed by atoms with van der Waals surface area (Å²) in [6, 6.07) is 7.24. The van der Waals surface area contributed by atoms with Gasteiger partial charge >= 0.3 is 5.63 Å². The summed E-state index contributed by atoms with van der Waals surface area (Å²) < 4.78 is 7.73. The zero-order valence-electron chi connectivity index (χ0n) is 17.8. The maximum absolute atomic E-state index is 12.9. The lowest BCUT2D eigenvalue weighted by molar-refractivity contribution is 0.369. The fraction of sp³-hybridized carbons (Fsp3) is 0.304. The summed E-state index contributed by atoms with van der Waals surface area (Å²) in [6.07, 6.45) is 4.61.